The van der Waals surface area contributed by atoms with Crippen molar-refractivity contribution in [2.45, 2.75) is 32.4 Å². The molecule has 144 valence electrons. The molecule has 0 fully saturated rings. The van der Waals surface area contributed by atoms with E-state index in [9.17, 15) is 14.7 Å². The molecule has 1 aliphatic heterocycles. The first-order valence-corrected chi connectivity index (χ1v) is 9.25. The van der Waals surface area contributed by atoms with Gasteiger partial charge in [0, 0.05) is 23.6 Å². The maximum Gasteiger partial charge on any atom is 0.254 e. The van der Waals surface area contributed by atoms with Gasteiger partial charge in [-0.3, -0.25) is 4.79 Å². The van der Waals surface area contributed by atoms with Gasteiger partial charge in [0.2, 0.25) is 0 Å². The van der Waals surface area contributed by atoms with Crippen molar-refractivity contribution in [2.75, 3.05) is 7.05 Å². The zero-order valence-corrected chi connectivity index (χ0v) is 15.7. The molecule has 2 N–H and O–H groups in total. The van der Waals surface area contributed by atoms with E-state index in [1.165, 1.54) is 0 Å². The number of fused-ring (bicyclic) bond motifs is 4. The Labute approximate surface area is 161 Å². The van der Waals surface area contributed by atoms with Crippen molar-refractivity contribution in [1.82, 2.24) is 15.0 Å². The monoisotopic (exact) mass is 379 g/mol. The molecule has 4 rings (SSSR count). The van der Waals surface area contributed by atoms with Crippen LogP contribution in [-0.2, 0) is 17.8 Å². The first-order chi connectivity index (χ1) is 13.6. The van der Waals surface area contributed by atoms with Crippen molar-refractivity contribution >= 4 is 17.2 Å². The number of carbonyl (C=O) groups excluding carboxylic acids is 1. The number of carbonyl (C=O) groups is 1. The fourth-order valence-corrected chi connectivity index (χ4v) is 3.82. The molecular formula is C21H21N3O4. The summed E-state index contributed by atoms with van der Waals surface area (Å²) in [6.45, 7) is 2.36. The highest BCUT2D eigenvalue weighted by atomic mass is 16.6. The number of nitrogens with one attached hydrogen (secondary N) is 1. The zero-order chi connectivity index (χ0) is 19.8. The van der Waals surface area contributed by atoms with Crippen molar-refractivity contribution in [2.24, 2.45) is 0 Å². The van der Waals surface area contributed by atoms with Crippen molar-refractivity contribution in [3.05, 3.63) is 57.4 Å². The smallest absolute Gasteiger partial charge is 0.254 e. The van der Waals surface area contributed by atoms with Crippen LogP contribution in [0.15, 0.2) is 35.1 Å². The number of benzene rings is 1. The number of aliphatic hydroxyl groups is 1. The molecule has 0 spiro atoms. The lowest BCUT2D eigenvalue weighted by atomic mass is 9.99. The van der Waals surface area contributed by atoms with Crippen molar-refractivity contribution < 1.29 is 14.7 Å². The fraction of sp³-hybridized carbons (Fsp3) is 0.286. The molecule has 1 unspecified atom stereocenters. The third kappa shape index (κ3) is 2.80. The first kappa shape index (κ1) is 18.3. The number of hydroxylamine groups is 1. The second-order valence-corrected chi connectivity index (χ2v) is 6.81. The van der Waals surface area contributed by atoms with E-state index in [0.717, 1.165) is 22.9 Å². The zero-order valence-electron chi connectivity index (χ0n) is 15.7. The molecule has 0 aliphatic carbocycles. The van der Waals surface area contributed by atoms with Gasteiger partial charge in [0.1, 0.15) is 6.10 Å². The van der Waals surface area contributed by atoms with Gasteiger partial charge in [-0.15, -0.1) is 0 Å². The van der Waals surface area contributed by atoms with Crippen LogP contribution in [0, 0.1) is 0 Å². The Balaban J connectivity index is 1.95. The lowest BCUT2D eigenvalue weighted by Gasteiger charge is -2.14. The van der Waals surface area contributed by atoms with E-state index in [-0.39, 0.29) is 5.56 Å². The molecule has 3 heterocycles. The maximum absolute atomic E-state index is 13.1. The molecule has 0 radical (unpaired) electrons. The summed E-state index contributed by atoms with van der Waals surface area (Å²) >= 11 is 0. The van der Waals surface area contributed by atoms with Crippen LogP contribution in [0.3, 0.4) is 0 Å². The standard InChI is InChI=1S/C21H21N3O4/c1-3-5-13-14(18(26)11-25)9-17-20-12(10-24(17)21(13)27)8-15-16(23-20)6-4-7-19(15)28-22-2/h4,6-9,11,18,22,26H,3,5,10H2,1-2H3. The summed E-state index contributed by atoms with van der Waals surface area (Å²) in [7, 11) is 1.68. The molecule has 0 bridgehead atoms. The van der Waals surface area contributed by atoms with Gasteiger partial charge < -0.3 is 19.3 Å². The van der Waals surface area contributed by atoms with Crippen LogP contribution < -0.4 is 15.9 Å². The van der Waals surface area contributed by atoms with Crippen LogP contribution in [0.4, 0.5) is 0 Å². The van der Waals surface area contributed by atoms with Gasteiger partial charge in [0.05, 0.1) is 23.4 Å². The molecule has 0 saturated carbocycles. The molecule has 1 aliphatic rings. The Kier molecular flexibility index (Phi) is 4.70. The van der Waals surface area contributed by atoms with E-state index in [2.05, 4.69) is 5.48 Å². The largest absolute Gasteiger partial charge is 0.408 e. The van der Waals surface area contributed by atoms with Gasteiger partial charge in [0.25, 0.3) is 5.56 Å². The Morgan fingerprint density at radius 1 is 1.39 bits per heavy atom. The Hall–Kier alpha value is -3.03. The normalized spacial score (nSPS) is 13.2. The molecule has 0 saturated heterocycles. The molecule has 7 nitrogen and oxygen atoms in total. The average Bonchev–Trinajstić information content (AvgIpc) is 3.06. The lowest BCUT2D eigenvalue weighted by molar-refractivity contribution is -0.115. The van der Waals surface area contributed by atoms with E-state index in [4.69, 9.17) is 9.82 Å². The number of pyridine rings is 2. The summed E-state index contributed by atoms with van der Waals surface area (Å²) in [6, 6.07) is 9.28. The van der Waals surface area contributed by atoms with E-state index < -0.39 is 6.10 Å². The molecular weight excluding hydrogens is 358 g/mol. The molecule has 3 aromatic rings. The number of nitrogens with zero attached hydrogens (tertiary/aromatic N) is 2. The summed E-state index contributed by atoms with van der Waals surface area (Å²) < 4.78 is 1.67. The van der Waals surface area contributed by atoms with Gasteiger partial charge in [-0.25, -0.2) is 4.98 Å². The second kappa shape index (κ2) is 7.18. The Bertz CT molecular complexity index is 1140. The predicted octanol–water partition coefficient (Wildman–Crippen LogP) is 2.12. The van der Waals surface area contributed by atoms with E-state index in [0.29, 0.717) is 47.5 Å². The van der Waals surface area contributed by atoms with E-state index in [1.54, 1.807) is 17.7 Å². The summed E-state index contributed by atoms with van der Waals surface area (Å²) in [4.78, 5) is 34.5. The maximum atomic E-state index is 13.1. The third-order valence-corrected chi connectivity index (χ3v) is 5.06. The molecule has 0 amide bonds. The van der Waals surface area contributed by atoms with E-state index in [1.807, 2.05) is 31.2 Å². The number of aromatic nitrogens is 2. The molecule has 2 aromatic heterocycles. The molecule has 7 heteroatoms. The SMILES string of the molecule is CCCc1c(C(O)C=O)cc2n(c1=O)Cc1cc3c(ONC)cccc3nc1-2. The Morgan fingerprint density at radius 3 is 2.93 bits per heavy atom. The highest BCUT2D eigenvalue weighted by molar-refractivity contribution is 5.89. The highest BCUT2D eigenvalue weighted by Crippen LogP contribution is 2.35. The van der Waals surface area contributed by atoms with E-state index >= 15 is 0 Å². The minimum Gasteiger partial charge on any atom is -0.408 e. The number of hydrogen-bond acceptors (Lipinski definition) is 6. The second-order valence-electron chi connectivity index (χ2n) is 6.81. The van der Waals surface area contributed by atoms with Crippen LogP contribution in [0.2, 0.25) is 0 Å². The van der Waals surface area contributed by atoms with Crippen LogP contribution in [0.5, 0.6) is 5.75 Å². The molecule has 28 heavy (non-hydrogen) atoms. The van der Waals surface area contributed by atoms with Crippen molar-refractivity contribution in [3.8, 4) is 17.1 Å². The topological polar surface area (TPSA) is 93.5 Å². The number of aldehydes is 1. The third-order valence-electron chi connectivity index (χ3n) is 5.06. The number of hydrogen-bond donors (Lipinski definition) is 2. The summed E-state index contributed by atoms with van der Waals surface area (Å²) in [5.74, 6) is 0.655. The molecule has 1 aromatic carbocycles. The van der Waals surface area contributed by atoms with Crippen LogP contribution >= 0.6 is 0 Å². The van der Waals surface area contributed by atoms with Crippen molar-refractivity contribution in [1.29, 1.82) is 0 Å². The van der Waals surface area contributed by atoms with Gasteiger partial charge in [0.15, 0.2) is 12.0 Å². The predicted molar refractivity (Wildman–Crippen MR) is 105 cm³/mol. The minimum atomic E-state index is -1.32. The number of aliphatic hydroxyl groups excluding tert-OH is 1. The quantitative estimate of drug-likeness (QED) is 0.394. The van der Waals surface area contributed by atoms with Crippen LogP contribution in [0.25, 0.3) is 22.3 Å². The van der Waals surface area contributed by atoms with Gasteiger partial charge in [-0.1, -0.05) is 19.4 Å². The van der Waals surface area contributed by atoms with Crippen LogP contribution in [-0.4, -0.2) is 28.0 Å². The minimum absolute atomic E-state index is 0.177. The van der Waals surface area contributed by atoms with Gasteiger partial charge in [-0.05, 0) is 36.2 Å². The first-order valence-electron chi connectivity index (χ1n) is 9.25. The molecule has 1 atom stereocenters. The van der Waals surface area contributed by atoms with Crippen molar-refractivity contribution in [3.63, 3.8) is 0 Å². The van der Waals surface area contributed by atoms with Gasteiger partial charge >= 0.3 is 0 Å². The van der Waals surface area contributed by atoms with Crippen LogP contribution in [0.1, 0.15) is 36.1 Å². The van der Waals surface area contributed by atoms with Gasteiger partial charge in [-0.2, -0.15) is 5.48 Å². The average molecular weight is 379 g/mol. The lowest BCUT2D eigenvalue weighted by Crippen LogP contribution is -2.26. The highest BCUT2D eigenvalue weighted by Gasteiger charge is 2.27. The summed E-state index contributed by atoms with van der Waals surface area (Å²) in [5.41, 5.74) is 6.31. The Morgan fingerprint density at radius 2 is 2.21 bits per heavy atom. The fourth-order valence-electron chi connectivity index (χ4n) is 3.82. The summed E-state index contributed by atoms with van der Waals surface area (Å²) in [5, 5.41) is 11.0. The summed E-state index contributed by atoms with van der Waals surface area (Å²) in [6.07, 6.45) is 0.383. The number of rotatable bonds is 6.